The number of amides is 1. The molecule has 2 aromatic rings. The minimum Gasteiger partial charge on any atom is -0.448 e. The molecule has 1 amide bonds. The summed E-state index contributed by atoms with van der Waals surface area (Å²) < 4.78 is 13.8. The summed E-state index contributed by atoms with van der Waals surface area (Å²) >= 11 is 6.40. The predicted molar refractivity (Wildman–Crippen MR) is 104 cm³/mol. The van der Waals surface area contributed by atoms with Crippen molar-refractivity contribution in [3.8, 4) is 11.5 Å². The second-order valence-electron chi connectivity index (χ2n) is 7.27. The number of unbranched alkanes of at least 4 members (excludes halogenated alkanes) is 1. The van der Waals surface area contributed by atoms with Crippen LogP contribution in [0.4, 0.5) is 5.69 Å². The first kappa shape index (κ1) is 18.2. The number of benzene rings is 1. The third-order valence-corrected chi connectivity index (χ3v) is 5.56. The van der Waals surface area contributed by atoms with E-state index in [9.17, 15) is 4.79 Å². The average Bonchev–Trinajstić information content (AvgIpc) is 3.31. The first-order chi connectivity index (χ1) is 13.0. The molecule has 0 unspecified atom stereocenters. The second-order valence-corrected chi connectivity index (χ2v) is 7.62. The van der Waals surface area contributed by atoms with Crippen molar-refractivity contribution >= 4 is 23.2 Å². The fourth-order valence-corrected chi connectivity index (χ4v) is 4.10. The maximum atomic E-state index is 12.8. The van der Waals surface area contributed by atoms with Crippen LogP contribution in [0.15, 0.2) is 18.2 Å². The normalized spacial score (nSPS) is 16.9. The van der Waals surface area contributed by atoms with Crippen molar-refractivity contribution in [1.29, 1.82) is 0 Å². The Kier molecular flexibility index (Phi) is 4.76. The van der Waals surface area contributed by atoms with Crippen LogP contribution in [0.1, 0.15) is 61.5 Å². The highest BCUT2D eigenvalue weighted by Crippen LogP contribution is 2.47. The van der Waals surface area contributed by atoms with Gasteiger partial charge in [-0.2, -0.15) is 5.10 Å². The largest absolute Gasteiger partial charge is 0.448 e. The Labute approximate surface area is 163 Å². The molecule has 6 nitrogen and oxygen atoms in total. The lowest BCUT2D eigenvalue weighted by Gasteiger charge is -2.21. The van der Waals surface area contributed by atoms with Gasteiger partial charge in [0.15, 0.2) is 11.5 Å². The molecule has 1 spiro atoms. The summed E-state index contributed by atoms with van der Waals surface area (Å²) in [6.07, 6.45) is 6.01. The molecule has 1 fully saturated rings. The number of nitrogens with zero attached hydrogens (tertiary/aromatic N) is 2. The highest BCUT2D eigenvalue weighted by molar-refractivity contribution is 6.33. The molecule has 1 N–H and O–H groups in total. The molecule has 0 saturated heterocycles. The van der Waals surface area contributed by atoms with Crippen molar-refractivity contribution in [1.82, 2.24) is 9.78 Å². The molecule has 0 radical (unpaired) electrons. The number of carbonyl (C=O) groups excluding carboxylic acids is 1. The Hall–Kier alpha value is -2.21. The summed E-state index contributed by atoms with van der Waals surface area (Å²) in [5, 5.41) is 7.68. The summed E-state index contributed by atoms with van der Waals surface area (Å²) in [7, 11) is 0. The molecule has 2 aliphatic rings. The molecule has 144 valence electrons. The fourth-order valence-electron chi connectivity index (χ4n) is 3.75. The SMILES string of the molecule is CCCCn1nc(C)c(C(=O)Nc2ccc3c(c2)OC2(CCCC2)O3)c1Cl. The topological polar surface area (TPSA) is 65.4 Å². The first-order valence-corrected chi connectivity index (χ1v) is 9.95. The van der Waals surface area contributed by atoms with Crippen molar-refractivity contribution in [3.63, 3.8) is 0 Å². The zero-order valence-electron chi connectivity index (χ0n) is 15.7. The standard InChI is InChI=1S/C20H24ClN3O3/c1-3-4-11-24-18(21)17(13(2)23-24)19(25)22-14-7-8-15-16(12-14)27-20(26-15)9-5-6-10-20/h7-8,12H,3-6,9-11H2,1-2H3,(H,22,25). The van der Waals surface area contributed by atoms with Crippen molar-refractivity contribution < 1.29 is 14.3 Å². The van der Waals surface area contributed by atoms with Crippen LogP contribution in [0.5, 0.6) is 11.5 Å². The molecule has 1 aliphatic heterocycles. The average molecular weight is 390 g/mol. The van der Waals surface area contributed by atoms with E-state index >= 15 is 0 Å². The van der Waals surface area contributed by atoms with Crippen LogP contribution in [0, 0.1) is 6.92 Å². The quantitative estimate of drug-likeness (QED) is 0.786. The number of aromatic nitrogens is 2. The lowest BCUT2D eigenvalue weighted by atomic mass is 10.2. The number of fused-ring (bicyclic) bond motifs is 1. The third-order valence-electron chi connectivity index (χ3n) is 5.17. The lowest BCUT2D eigenvalue weighted by Crippen LogP contribution is -2.34. The molecule has 27 heavy (non-hydrogen) atoms. The van der Waals surface area contributed by atoms with E-state index in [1.807, 2.05) is 18.2 Å². The Bertz CT molecular complexity index is 872. The Morgan fingerprint density at radius 2 is 2.04 bits per heavy atom. The summed E-state index contributed by atoms with van der Waals surface area (Å²) in [4.78, 5) is 12.8. The minimum atomic E-state index is -0.509. The number of rotatable bonds is 5. The predicted octanol–water partition coefficient (Wildman–Crippen LogP) is 4.94. The molecule has 7 heteroatoms. The number of carbonyl (C=O) groups is 1. The van der Waals surface area contributed by atoms with E-state index in [4.69, 9.17) is 21.1 Å². The molecule has 4 rings (SSSR count). The minimum absolute atomic E-state index is 0.269. The zero-order valence-corrected chi connectivity index (χ0v) is 16.4. The van der Waals surface area contributed by atoms with Crippen molar-refractivity contribution in [3.05, 3.63) is 34.6 Å². The lowest BCUT2D eigenvalue weighted by molar-refractivity contribution is -0.0716. The number of ether oxygens (including phenoxy) is 2. The number of hydrogen-bond donors (Lipinski definition) is 1. The number of nitrogens with one attached hydrogen (secondary N) is 1. The maximum absolute atomic E-state index is 12.8. The molecule has 0 atom stereocenters. The van der Waals surface area contributed by atoms with Crippen LogP contribution in [0.3, 0.4) is 0 Å². The zero-order chi connectivity index (χ0) is 19.0. The number of halogens is 1. The van der Waals surface area contributed by atoms with Gasteiger partial charge in [0.2, 0.25) is 0 Å². The van der Waals surface area contributed by atoms with Gasteiger partial charge in [-0.1, -0.05) is 24.9 Å². The summed E-state index contributed by atoms with van der Waals surface area (Å²) in [6, 6.07) is 5.47. The molecule has 1 aromatic heterocycles. The Morgan fingerprint density at radius 3 is 2.78 bits per heavy atom. The van der Waals surface area contributed by atoms with Crippen LogP contribution in [-0.4, -0.2) is 21.5 Å². The van der Waals surface area contributed by atoms with Crippen LogP contribution in [0.2, 0.25) is 5.15 Å². The summed E-state index contributed by atoms with van der Waals surface area (Å²) in [5.41, 5.74) is 1.69. The van der Waals surface area contributed by atoms with Crippen molar-refractivity contribution in [2.24, 2.45) is 0 Å². The third kappa shape index (κ3) is 3.38. The Morgan fingerprint density at radius 1 is 1.30 bits per heavy atom. The second kappa shape index (κ2) is 7.08. The summed E-state index contributed by atoms with van der Waals surface area (Å²) in [6.45, 7) is 4.61. The van der Waals surface area contributed by atoms with Crippen LogP contribution >= 0.6 is 11.6 Å². The Balaban J connectivity index is 1.51. The van der Waals surface area contributed by atoms with E-state index in [0.717, 1.165) is 44.3 Å². The maximum Gasteiger partial charge on any atom is 0.260 e. The molecular weight excluding hydrogens is 366 g/mol. The van der Waals surface area contributed by atoms with Crippen molar-refractivity contribution in [2.45, 2.75) is 64.7 Å². The van der Waals surface area contributed by atoms with Gasteiger partial charge >= 0.3 is 0 Å². The molecule has 1 aliphatic carbocycles. The van der Waals surface area contributed by atoms with Gasteiger partial charge in [-0.25, -0.2) is 0 Å². The number of hydrogen-bond acceptors (Lipinski definition) is 4. The van der Waals surface area contributed by atoms with E-state index in [-0.39, 0.29) is 5.91 Å². The smallest absolute Gasteiger partial charge is 0.260 e. The summed E-state index contributed by atoms with van der Waals surface area (Å²) in [5.74, 6) is 0.632. The van der Waals surface area contributed by atoms with E-state index in [1.54, 1.807) is 11.6 Å². The molecule has 2 heterocycles. The van der Waals surface area contributed by atoms with E-state index in [1.165, 1.54) is 0 Å². The molecule has 1 aromatic carbocycles. The van der Waals surface area contributed by atoms with Crippen LogP contribution < -0.4 is 14.8 Å². The van der Waals surface area contributed by atoms with Crippen LogP contribution in [-0.2, 0) is 6.54 Å². The van der Waals surface area contributed by atoms with Gasteiger partial charge in [0.25, 0.3) is 11.7 Å². The van der Waals surface area contributed by atoms with Gasteiger partial charge in [-0.3, -0.25) is 9.48 Å². The van der Waals surface area contributed by atoms with Gasteiger partial charge in [0.1, 0.15) is 5.15 Å². The first-order valence-electron chi connectivity index (χ1n) is 9.58. The van der Waals surface area contributed by atoms with E-state index < -0.39 is 5.79 Å². The van der Waals surface area contributed by atoms with E-state index in [0.29, 0.717) is 34.4 Å². The fraction of sp³-hybridized carbons (Fsp3) is 0.500. The van der Waals surface area contributed by atoms with Gasteiger partial charge in [-0.15, -0.1) is 0 Å². The van der Waals surface area contributed by atoms with Gasteiger partial charge in [0.05, 0.1) is 11.3 Å². The van der Waals surface area contributed by atoms with Crippen molar-refractivity contribution in [2.75, 3.05) is 5.32 Å². The van der Waals surface area contributed by atoms with Gasteiger partial charge < -0.3 is 14.8 Å². The monoisotopic (exact) mass is 389 g/mol. The van der Waals surface area contributed by atoms with Crippen LogP contribution in [0.25, 0.3) is 0 Å². The van der Waals surface area contributed by atoms with Gasteiger partial charge in [0, 0.05) is 31.1 Å². The highest BCUT2D eigenvalue weighted by Gasteiger charge is 2.44. The van der Waals surface area contributed by atoms with E-state index in [2.05, 4.69) is 17.3 Å². The molecular formula is C20H24ClN3O3. The number of anilines is 1. The molecule has 0 bridgehead atoms. The highest BCUT2D eigenvalue weighted by atomic mass is 35.5. The number of aryl methyl sites for hydroxylation is 2. The molecule has 1 saturated carbocycles. The van der Waals surface area contributed by atoms with Gasteiger partial charge in [-0.05, 0) is 38.3 Å².